The van der Waals surface area contributed by atoms with Crippen molar-refractivity contribution < 1.29 is 19.4 Å². The second-order valence-corrected chi connectivity index (χ2v) is 8.93. The van der Waals surface area contributed by atoms with Crippen molar-refractivity contribution >= 4 is 11.8 Å². The van der Waals surface area contributed by atoms with Crippen molar-refractivity contribution in [2.45, 2.75) is 83.3 Å². The van der Waals surface area contributed by atoms with E-state index in [1.807, 2.05) is 6.92 Å². The Labute approximate surface area is 150 Å². The van der Waals surface area contributed by atoms with E-state index in [0.29, 0.717) is 31.1 Å². The molecule has 3 fully saturated rings. The first-order valence-corrected chi connectivity index (χ1v) is 10.0. The molecule has 4 aliphatic carbocycles. The fourth-order valence-electron chi connectivity index (χ4n) is 6.57. The molecule has 0 heterocycles. The third-order valence-electron chi connectivity index (χ3n) is 7.92. The number of carbonyl (C=O) groups is 2. The van der Waals surface area contributed by atoms with Crippen LogP contribution < -0.4 is 0 Å². The molecular weight excluding hydrogens is 316 g/mol. The molecule has 6 atom stereocenters. The fourth-order valence-corrected chi connectivity index (χ4v) is 6.57. The largest absolute Gasteiger partial charge is 0.462 e. The number of ketones is 1. The van der Waals surface area contributed by atoms with Gasteiger partial charge in [0.25, 0.3) is 0 Å². The third kappa shape index (κ3) is 2.51. The average molecular weight is 346 g/mol. The third-order valence-corrected chi connectivity index (χ3v) is 7.92. The van der Waals surface area contributed by atoms with Crippen LogP contribution in [-0.2, 0) is 14.3 Å². The monoisotopic (exact) mass is 346 g/mol. The summed E-state index contributed by atoms with van der Waals surface area (Å²) in [6, 6.07) is 0. The van der Waals surface area contributed by atoms with Gasteiger partial charge in [0.1, 0.15) is 6.10 Å². The number of aliphatic hydroxyl groups is 1. The minimum absolute atomic E-state index is 0.0328. The average Bonchev–Trinajstić information content (AvgIpc) is 2.92. The quantitative estimate of drug-likeness (QED) is 0.777. The highest BCUT2D eigenvalue weighted by atomic mass is 16.5. The van der Waals surface area contributed by atoms with E-state index in [2.05, 4.69) is 6.92 Å². The topological polar surface area (TPSA) is 63.6 Å². The predicted molar refractivity (Wildman–Crippen MR) is 93.7 cm³/mol. The lowest BCUT2D eigenvalue weighted by atomic mass is 9.50. The van der Waals surface area contributed by atoms with Gasteiger partial charge >= 0.3 is 5.97 Å². The van der Waals surface area contributed by atoms with Crippen LogP contribution >= 0.6 is 0 Å². The van der Waals surface area contributed by atoms with Gasteiger partial charge in [0.05, 0.1) is 5.60 Å². The molecular formula is C21H30O4. The van der Waals surface area contributed by atoms with E-state index in [1.165, 1.54) is 0 Å². The number of ether oxygens (including phenoxy) is 1. The lowest BCUT2D eigenvalue weighted by molar-refractivity contribution is -0.162. The molecule has 0 aromatic heterocycles. The first kappa shape index (κ1) is 17.3. The minimum atomic E-state index is -0.768. The Balaban J connectivity index is 1.59. The highest BCUT2D eigenvalue weighted by Gasteiger charge is 2.60. The first-order valence-electron chi connectivity index (χ1n) is 10.0. The van der Waals surface area contributed by atoms with Gasteiger partial charge in [0.15, 0.2) is 5.78 Å². The molecule has 1 N–H and O–H groups in total. The molecule has 4 aliphatic rings. The Kier molecular flexibility index (Phi) is 4.10. The summed E-state index contributed by atoms with van der Waals surface area (Å²) in [7, 11) is 0. The van der Waals surface area contributed by atoms with Gasteiger partial charge in [-0.25, -0.2) is 0 Å². The molecule has 0 bridgehead atoms. The van der Waals surface area contributed by atoms with Crippen LogP contribution in [0.5, 0.6) is 0 Å². The molecule has 0 aromatic rings. The zero-order chi connectivity index (χ0) is 17.8. The van der Waals surface area contributed by atoms with Crippen LogP contribution in [0.1, 0.15) is 71.6 Å². The Morgan fingerprint density at radius 1 is 1.20 bits per heavy atom. The molecule has 4 nitrogen and oxygen atoms in total. The molecule has 0 radical (unpaired) electrons. The summed E-state index contributed by atoms with van der Waals surface area (Å²) in [6.07, 6.45) is 9.19. The molecule has 1 unspecified atom stereocenters. The SMILES string of the molecule is CCC(=O)OC1CC[C@H]2[C@@H]3CCC4=CC(=O)CC[C@]4(O)[C@H]3CC[C@]12C. The molecule has 0 amide bonds. The molecule has 0 saturated heterocycles. The molecule has 0 aromatic carbocycles. The van der Waals surface area contributed by atoms with Crippen molar-refractivity contribution in [3.63, 3.8) is 0 Å². The Bertz CT molecular complexity index is 623. The van der Waals surface area contributed by atoms with E-state index in [-0.39, 0.29) is 29.2 Å². The van der Waals surface area contributed by atoms with Crippen LogP contribution in [0.25, 0.3) is 0 Å². The summed E-state index contributed by atoms with van der Waals surface area (Å²) in [6.45, 7) is 4.15. The highest BCUT2D eigenvalue weighted by Crippen LogP contribution is 2.63. The lowest BCUT2D eigenvalue weighted by Gasteiger charge is -2.56. The van der Waals surface area contributed by atoms with Crippen molar-refractivity contribution in [2.75, 3.05) is 0 Å². The zero-order valence-corrected chi connectivity index (χ0v) is 15.4. The van der Waals surface area contributed by atoms with Crippen molar-refractivity contribution in [3.05, 3.63) is 11.6 Å². The maximum Gasteiger partial charge on any atom is 0.305 e. The van der Waals surface area contributed by atoms with Gasteiger partial charge in [-0.3, -0.25) is 9.59 Å². The van der Waals surface area contributed by atoms with Crippen molar-refractivity contribution in [2.24, 2.45) is 23.2 Å². The van der Waals surface area contributed by atoms with Gasteiger partial charge in [-0.15, -0.1) is 0 Å². The summed E-state index contributed by atoms with van der Waals surface area (Å²) in [5.74, 6) is 1.35. The highest BCUT2D eigenvalue weighted by molar-refractivity contribution is 5.92. The van der Waals surface area contributed by atoms with Gasteiger partial charge in [0.2, 0.25) is 0 Å². The molecule has 138 valence electrons. The Hall–Kier alpha value is -1.16. The molecule has 4 rings (SSSR count). The number of carbonyl (C=O) groups excluding carboxylic acids is 2. The fraction of sp³-hybridized carbons (Fsp3) is 0.810. The van der Waals surface area contributed by atoms with Crippen LogP contribution in [0.4, 0.5) is 0 Å². The summed E-state index contributed by atoms with van der Waals surface area (Å²) >= 11 is 0. The minimum Gasteiger partial charge on any atom is -0.462 e. The number of hydrogen-bond donors (Lipinski definition) is 1. The van der Waals surface area contributed by atoms with E-state index in [1.54, 1.807) is 6.08 Å². The second kappa shape index (κ2) is 5.94. The van der Waals surface area contributed by atoms with E-state index in [4.69, 9.17) is 4.74 Å². The standard InChI is InChI=1S/C21H30O4/c1-3-19(23)25-18-7-6-16-15-5-4-13-12-14(22)8-11-21(13,24)17(15)9-10-20(16,18)2/h12,15-18,24H,3-11H2,1-2H3/t15-,16-,17-,18?,20-,21+/m0/s1. The van der Waals surface area contributed by atoms with Crippen molar-refractivity contribution in [1.29, 1.82) is 0 Å². The maximum absolute atomic E-state index is 11.8. The zero-order valence-electron chi connectivity index (χ0n) is 15.4. The second-order valence-electron chi connectivity index (χ2n) is 8.93. The Morgan fingerprint density at radius 3 is 2.76 bits per heavy atom. The summed E-state index contributed by atoms with van der Waals surface area (Å²) in [5.41, 5.74) is 0.269. The van der Waals surface area contributed by atoms with Crippen LogP contribution in [0.15, 0.2) is 11.6 Å². The number of rotatable bonds is 2. The van der Waals surface area contributed by atoms with Gasteiger partial charge in [-0.2, -0.15) is 0 Å². The summed E-state index contributed by atoms with van der Waals surface area (Å²) in [4.78, 5) is 23.6. The van der Waals surface area contributed by atoms with Gasteiger partial charge in [0, 0.05) is 18.3 Å². The van der Waals surface area contributed by atoms with Crippen molar-refractivity contribution in [3.8, 4) is 0 Å². The van der Waals surface area contributed by atoms with Crippen molar-refractivity contribution in [1.82, 2.24) is 0 Å². The van der Waals surface area contributed by atoms with Crippen LogP contribution in [0, 0.1) is 23.2 Å². The lowest BCUT2D eigenvalue weighted by Crippen LogP contribution is -2.56. The number of hydrogen-bond acceptors (Lipinski definition) is 4. The Morgan fingerprint density at radius 2 is 2.00 bits per heavy atom. The first-order chi connectivity index (χ1) is 11.9. The number of esters is 1. The molecule has 4 heteroatoms. The summed E-state index contributed by atoms with van der Waals surface area (Å²) < 4.78 is 5.80. The van der Waals surface area contributed by atoms with Crippen LogP contribution in [0.2, 0.25) is 0 Å². The normalized spacial score (nSPS) is 45.9. The molecule has 0 aliphatic heterocycles. The smallest absolute Gasteiger partial charge is 0.305 e. The van der Waals surface area contributed by atoms with Gasteiger partial charge < -0.3 is 9.84 Å². The van der Waals surface area contributed by atoms with Crippen LogP contribution in [0.3, 0.4) is 0 Å². The maximum atomic E-state index is 11.8. The van der Waals surface area contributed by atoms with E-state index in [0.717, 1.165) is 44.1 Å². The van der Waals surface area contributed by atoms with Gasteiger partial charge in [-0.05, 0) is 74.3 Å². The van der Waals surface area contributed by atoms with Gasteiger partial charge in [-0.1, -0.05) is 13.8 Å². The van der Waals surface area contributed by atoms with E-state index in [9.17, 15) is 14.7 Å². The van der Waals surface area contributed by atoms with E-state index < -0.39 is 5.60 Å². The van der Waals surface area contributed by atoms with E-state index >= 15 is 0 Å². The summed E-state index contributed by atoms with van der Waals surface area (Å²) in [5, 5.41) is 11.5. The molecule has 25 heavy (non-hydrogen) atoms. The molecule has 3 saturated carbocycles. The van der Waals surface area contributed by atoms with Crippen LogP contribution in [-0.4, -0.2) is 28.6 Å². The predicted octanol–water partition coefficient (Wildman–Crippen LogP) is 3.56. The molecule has 0 spiro atoms. The number of fused-ring (bicyclic) bond motifs is 5.